The van der Waals surface area contributed by atoms with Gasteiger partial charge in [0.1, 0.15) is 0 Å². The van der Waals surface area contributed by atoms with Crippen LogP contribution < -0.4 is 24.8 Å². The van der Waals surface area contributed by atoms with Crippen molar-refractivity contribution in [3.8, 4) is 0 Å². The van der Waals surface area contributed by atoms with Crippen molar-refractivity contribution in [3.05, 3.63) is 83.9 Å². The summed E-state index contributed by atoms with van der Waals surface area (Å²) < 4.78 is 1.51. The minimum absolute atomic E-state index is 0. The Bertz CT molecular complexity index is 873. The molecule has 0 spiro atoms. The van der Waals surface area contributed by atoms with Crippen LogP contribution in [0.1, 0.15) is 64.5 Å². The van der Waals surface area contributed by atoms with E-state index in [0.29, 0.717) is 11.8 Å². The Balaban J connectivity index is 0.000000452. The van der Waals surface area contributed by atoms with Crippen LogP contribution >= 0.6 is 0 Å². The van der Waals surface area contributed by atoms with Crippen molar-refractivity contribution in [1.29, 1.82) is 0 Å². The summed E-state index contributed by atoms with van der Waals surface area (Å²) in [7, 11) is 0. The van der Waals surface area contributed by atoms with E-state index in [2.05, 4.69) is 114 Å². The van der Waals surface area contributed by atoms with E-state index in [-0.39, 0.29) is 24.8 Å². The third-order valence-electron chi connectivity index (χ3n) is 4.61. The Hall–Kier alpha value is -1.01. The molecule has 0 radical (unpaired) electrons. The van der Waals surface area contributed by atoms with E-state index in [4.69, 9.17) is 0 Å². The zero-order chi connectivity index (χ0) is 20.7. The Morgan fingerprint density at radius 3 is 1.23 bits per heavy atom. The van der Waals surface area contributed by atoms with Gasteiger partial charge in [0.15, 0.2) is 0 Å². The van der Waals surface area contributed by atoms with Crippen LogP contribution in [0.4, 0.5) is 0 Å². The normalized spacial score (nSPS) is 9.93. The van der Waals surface area contributed by atoms with Gasteiger partial charge in [-0.05, 0) is 11.8 Å². The Labute approximate surface area is 209 Å². The molecule has 4 rings (SSSR count). The quantitative estimate of drug-likeness (QED) is 0.357. The van der Waals surface area contributed by atoms with Crippen LogP contribution in [0.3, 0.4) is 0 Å². The summed E-state index contributed by atoms with van der Waals surface area (Å²) in [4.78, 5) is 0. The largest absolute Gasteiger partial charge is 1.00 e. The number of hydrogen-bond acceptors (Lipinski definition) is 0. The molecule has 0 saturated carbocycles. The summed E-state index contributed by atoms with van der Waals surface area (Å²) >= 11 is 1.55. The minimum Gasteiger partial charge on any atom is -1.00 e. The maximum atomic E-state index is 2.28. The summed E-state index contributed by atoms with van der Waals surface area (Å²) in [6, 6.07) is 26.1. The molecule has 0 aromatic heterocycles. The predicted molar refractivity (Wildman–Crippen MR) is 124 cm³/mol. The second kappa shape index (κ2) is 14.1. The van der Waals surface area contributed by atoms with Crippen LogP contribution in [0.2, 0.25) is 0 Å². The summed E-state index contributed by atoms with van der Waals surface area (Å²) in [5, 5.41) is 5.45. The van der Waals surface area contributed by atoms with Crippen molar-refractivity contribution in [2.45, 2.75) is 53.4 Å². The molecular weight excluding hydrogens is 486 g/mol. The zero-order valence-electron chi connectivity index (χ0n) is 18.8. The van der Waals surface area contributed by atoms with E-state index in [9.17, 15) is 0 Å². The molecule has 0 unspecified atom stereocenters. The van der Waals surface area contributed by atoms with Gasteiger partial charge in [0, 0.05) is 0 Å². The fraction of sp³-hybridized carbons (Fsp3) is 0.296. The van der Waals surface area contributed by atoms with Crippen LogP contribution in [0, 0.1) is 0 Å². The zero-order valence-corrected chi connectivity index (χ0v) is 22.8. The van der Waals surface area contributed by atoms with Crippen molar-refractivity contribution < 1.29 is 49.0 Å². The van der Waals surface area contributed by atoms with Crippen LogP contribution in [-0.4, -0.2) is 3.21 Å². The van der Waals surface area contributed by atoms with Gasteiger partial charge in [-0.3, -0.25) is 0 Å². The first-order valence-electron chi connectivity index (χ1n) is 10.1. The van der Waals surface area contributed by atoms with Gasteiger partial charge >= 0.3 is 41.3 Å². The molecule has 0 nitrogen and oxygen atoms in total. The van der Waals surface area contributed by atoms with Gasteiger partial charge < -0.3 is 24.8 Å². The number of benzene rings is 2. The molecule has 0 aliphatic heterocycles. The fourth-order valence-corrected chi connectivity index (χ4v) is 3.02. The van der Waals surface area contributed by atoms with Gasteiger partial charge in [0.05, 0.1) is 0 Å². The third kappa shape index (κ3) is 9.01. The molecule has 0 N–H and O–H groups in total. The van der Waals surface area contributed by atoms with Gasteiger partial charge in [0.2, 0.25) is 0 Å². The van der Waals surface area contributed by atoms with E-state index in [1.54, 1.807) is 24.2 Å². The summed E-state index contributed by atoms with van der Waals surface area (Å²) in [5.41, 5.74) is 2.88. The summed E-state index contributed by atoms with van der Waals surface area (Å²) in [6.07, 6.45) is 0. The average Bonchev–Trinajstić information content (AvgIpc) is 3.26. The molecule has 160 valence electrons. The topological polar surface area (TPSA) is 0 Å². The molecule has 0 bridgehead atoms. The van der Waals surface area contributed by atoms with Gasteiger partial charge in [0.25, 0.3) is 0 Å². The van der Waals surface area contributed by atoms with Crippen LogP contribution in [0.5, 0.6) is 0 Å². The molecule has 30 heavy (non-hydrogen) atoms. The minimum atomic E-state index is 0. The number of hydrogen-bond donors (Lipinski definition) is 0. The average molecular weight is 519 g/mol. The number of fused-ring (bicyclic) bond motifs is 2. The molecule has 0 saturated heterocycles. The SMILES string of the molecule is CC(C)c1cc2ccccc2[cH-]1.CC(C)c1cc2ccccc2[cH-]1.C[C](C)=[Zr+2].[Cl-].[Cl-]. The Kier molecular flexibility index (Phi) is 13.7. The van der Waals surface area contributed by atoms with E-state index in [0.717, 1.165) is 0 Å². The Morgan fingerprint density at radius 1 is 0.667 bits per heavy atom. The predicted octanol–water partition coefficient (Wildman–Crippen LogP) is 2.12. The molecule has 0 fully saturated rings. The van der Waals surface area contributed by atoms with Crippen molar-refractivity contribution in [2.24, 2.45) is 0 Å². The van der Waals surface area contributed by atoms with Crippen molar-refractivity contribution >= 4 is 24.8 Å². The van der Waals surface area contributed by atoms with Crippen LogP contribution in [0.15, 0.2) is 72.8 Å². The van der Waals surface area contributed by atoms with E-state index in [1.807, 2.05) is 0 Å². The second-order valence-electron chi connectivity index (χ2n) is 8.14. The monoisotopic (exact) mass is 516 g/mol. The van der Waals surface area contributed by atoms with Crippen molar-refractivity contribution in [2.75, 3.05) is 0 Å². The fourth-order valence-electron chi connectivity index (χ4n) is 3.02. The summed E-state index contributed by atoms with van der Waals surface area (Å²) in [5.74, 6) is 1.27. The first kappa shape index (κ1) is 29.0. The molecule has 0 heterocycles. The van der Waals surface area contributed by atoms with Crippen LogP contribution in [0.25, 0.3) is 21.5 Å². The van der Waals surface area contributed by atoms with Gasteiger partial charge in [-0.25, -0.2) is 0 Å². The van der Waals surface area contributed by atoms with E-state index >= 15 is 0 Å². The van der Waals surface area contributed by atoms with Gasteiger partial charge in [-0.2, -0.15) is 12.1 Å². The first-order valence-corrected chi connectivity index (χ1v) is 11.3. The molecule has 0 aliphatic carbocycles. The molecule has 0 aliphatic rings. The molecular formula is C27H32Cl2Zr-2. The molecule has 4 aromatic carbocycles. The summed E-state index contributed by atoms with van der Waals surface area (Å²) in [6.45, 7) is 13.2. The number of rotatable bonds is 2. The molecule has 4 aromatic rings. The van der Waals surface area contributed by atoms with Crippen molar-refractivity contribution in [1.82, 2.24) is 0 Å². The molecule has 3 heteroatoms. The maximum Gasteiger partial charge on any atom is -1.00 e. The number of halogens is 2. The van der Waals surface area contributed by atoms with Gasteiger partial charge in [-0.15, -0.1) is 81.2 Å². The van der Waals surface area contributed by atoms with Crippen molar-refractivity contribution in [3.63, 3.8) is 0 Å². The van der Waals surface area contributed by atoms with Gasteiger partial charge in [-0.1, -0.05) is 39.8 Å². The maximum absolute atomic E-state index is 2.28. The van der Waals surface area contributed by atoms with E-state index in [1.165, 1.54) is 35.9 Å². The van der Waals surface area contributed by atoms with Crippen LogP contribution in [-0.2, 0) is 24.2 Å². The smallest absolute Gasteiger partial charge is 1.00 e. The standard InChI is InChI=1S/2C12H13.C3H6.2ClH.Zr/c2*1-9(2)12-7-10-5-3-4-6-11(10)8-12;1-3-2;;;/h2*3-9H,1-2H3;1-2H3;2*1H;/q2*-1;;;;+2/p-2. The Morgan fingerprint density at radius 2 is 0.967 bits per heavy atom. The van der Waals surface area contributed by atoms with E-state index < -0.39 is 0 Å². The third-order valence-corrected chi connectivity index (χ3v) is 4.61. The molecule has 0 atom stereocenters. The molecule has 0 amide bonds. The first-order chi connectivity index (χ1) is 13.3. The second-order valence-corrected chi connectivity index (χ2v) is 10.6.